The summed E-state index contributed by atoms with van der Waals surface area (Å²) in [5, 5.41) is 9.72. The van der Waals surface area contributed by atoms with Crippen molar-refractivity contribution in [2.45, 2.75) is 18.5 Å². The molecule has 206 valence electrons. The molecule has 0 saturated carbocycles. The minimum atomic E-state index is -3.66. The van der Waals surface area contributed by atoms with Gasteiger partial charge in [-0.05, 0) is 24.6 Å². The summed E-state index contributed by atoms with van der Waals surface area (Å²) in [7, 11) is -3.66. The number of hydrogen-bond acceptors (Lipinski definition) is 9. The number of benzene rings is 1. The highest BCUT2D eigenvalue weighted by atomic mass is 35.5. The summed E-state index contributed by atoms with van der Waals surface area (Å²) in [6.45, 7) is 0.147. The number of hydrogen-bond donors (Lipinski definition) is 2. The highest BCUT2D eigenvalue weighted by Gasteiger charge is 2.36. The predicted molar refractivity (Wildman–Crippen MR) is 147 cm³/mol. The molecule has 1 aromatic carbocycles. The largest absolute Gasteiger partial charge is 0.346 e. The number of fused-ring (bicyclic) bond motifs is 1. The highest BCUT2D eigenvalue weighted by molar-refractivity contribution is 7.88. The minimum absolute atomic E-state index is 0.0622. The van der Waals surface area contributed by atoms with Gasteiger partial charge in [-0.2, -0.15) is 9.40 Å². The summed E-state index contributed by atoms with van der Waals surface area (Å²) < 4.78 is 44.1. The van der Waals surface area contributed by atoms with E-state index in [0.29, 0.717) is 39.1 Å². The maximum atomic E-state index is 15.1. The van der Waals surface area contributed by atoms with Crippen molar-refractivity contribution in [3.8, 4) is 22.9 Å². The fourth-order valence-electron chi connectivity index (χ4n) is 4.86. The Kier molecular flexibility index (Phi) is 6.82. The monoisotopic (exact) mass is 601 g/mol. The van der Waals surface area contributed by atoms with Gasteiger partial charge in [0.15, 0.2) is 10.8 Å². The Morgan fingerprint density at radius 1 is 1.20 bits per heavy atom. The quantitative estimate of drug-likeness (QED) is 0.301. The Labute approximate surface area is 236 Å². The van der Waals surface area contributed by atoms with Crippen LogP contribution in [0.1, 0.15) is 22.3 Å². The van der Waals surface area contributed by atoms with E-state index in [1.807, 2.05) is 4.57 Å². The molecule has 5 heterocycles. The van der Waals surface area contributed by atoms with Crippen LogP contribution in [0.2, 0.25) is 4.34 Å². The number of sulfonamides is 1. The van der Waals surface area contributed by atoms with Gasteiger partial charge in [-0.25, -0.2) is 27.8 Å². The zero-order valence-electron chi connectivity index (χ0n) is 20.8. The zero-order valence-corrected chi connectivity index (χ0v) is 23.2. The first-order chi connectivity index (χ1) is 19.2. The maximum absolute atomic E-state index is 15.1. The smallest absolute Gasteiger partial charge is 0.280 e. The Morgan fingerprint density at radius 3 is 2.73 bits per heavy atom. The van der Waals surface area contributed by atoms with E-state index in [1.165, 1.54) is 22.9 Å². The molecule has 40 heavy (non-hydrogen) atoms. The van der Waals surface area contributed by atoms with Crippen LogP contribution in [0.15, 0.2) is 49.1 Å². The molecule has 1 saturated heterocycles. The van der Waals surface area contributed by atoms with Gasteiger partial charge < -0.3 is 9.88 Å². The Bertz CT molecular complexity index is 1820. The van der Waals surface area contributed by atoms with Crippen LogP contribution in [-0.4, -0.2) is 78.7 Å². The number of piperidine rings is 1. The number of nitrogens with zero attached hydrogens (tertiary/aromatic N) is 7. The number of aromatic nitrogens is 7. The van der Waals surface area contributed by atoms with Crippen LogP contribution in [-0.2, 0) is 10.0 Å². The highest BCUT2D eigenvalue weighted by Crippen LogP contribution is 2.35. The van der Waals surface area contributed by atoms with Gasteiger partial charge in [-0.3, -0.25) is 14.9 Å². The first-order valence-corrected chi connectivity index (χ1v) is 15.1. The molecular weight excluding hydrogens is 581 g/mol. The summed E-state index contributed by atoms with van der Waals surface area (Å²) in [5.41, 5.74) is 1.80. The number of amides is 1. The molecule has 0 unspecified atom stereocenters. The van der Waals surface area contributed by atoms with Crippen LogP contribution in [0.4, 0.5) is 4.39 Å². The first-order valence-electron chi connectivity index (χ1n) is 12.0. The first kappa shape index (κ1) is 26.4. The lowest BCUT2D eigenvalue weighted by Gasteiger charge is -2.38. The Morgan fingerprint density at radius 2 is 2.02 bits per heavy atom. The predicted octanol–water partition coefficient (Wildman–Crippen LogP) is 3.14. The number of carbonyl (C=O) groups excluding carboxylic acids is 1. The van der Waals surface area contributed by atoms with Gasteiger partial charge in [0.05, 0.1) is 35.8 Å². The summed E-state index contributed by atoms with van der Waals surface area (Å²) in [6, 6.07) is 6.87. The third kappa shape index (κ3) is 5.08. The maximum Gasteiger partial charge on any atom is 0.280 e. The lowest BCUT2D eigenvalue weighted by Crippen LogP contribution is -2.52. The van der Waals surface area contributed by atoms with Crippen LogP contribution in [0.25, 0.3) is 33.9 Å². The molecular formula is C24H21ClFN9O3S2. The molecule has 0 aliphatic carbocycles. The second-order valence-corrected chi connectivity index (χ2v) is 12.9. The molecule has 1 fully saturated rings. The number of pyridine rings is 1. The van der Waals surface area contributed by atoms with Crippen molar-refractivity contribution in [3.05, 3.63) is 64.2 Å². The number of carbonyl (C=O) groups is 1. The Hall–Kier alpha value is -3.79. The lowest BCUT2D eigenvalue weighted by atomic mass is 10.0. The van der Waals surface area contributed by atoms with Gasteiger partial charge in [-0.15, -0.1) is 0 Å². The van der Waals surface area contributed by atoms with Crippen LogP contribution in [0.3, 0.4) is 0 Å². The minimum Gasteiger partial charge on any atom is -0.346 e. The lowest BCUT2D eigenvalue weighted by molar-refractivity contribution is 0.0910. The molecule has 0 radical (unpaired) electrons. The fourth-order valence-corrected chi connectivity index (χ4v) is 6.57. The fraction of sp³-hybridized carbons (Fsp3) is 0.250. The van der Waals surface area contributed by atoms with Crippen molar-refractivity contribution < 1.29 is 17.6 Å². The van der Waals surface area contributed by atoms with Crippen LogP contribution in [0.5, 0.6) is 0 Å². The molecule has 1 aliphatic rings. The van der Waals surface area contributed by atoms with Gasteiger partial charge in [0, 0.05) is 19.1 Å². The number of H-pyrrole nitrogens is 1. The number of rotatable bonds is 6. The van der Waals surface area contributed by atoms with Gasteiger partial charge in [0.1, 0.15) is 33.5 Å². The molecule has 12 nitrogen and oxygen atoms in total. The normalized spacial score (nSPS) is 18.3. The van der Waals surface area contributed by atoms with Gasteiger partial charge in [0.25, 0.3) is 5.91 Å². The van der Waals surface area contributed by atoms with Gasteiger partial charge in [0.2, 0.25) is 10.0 Å². The molecule has 4 aromatic heterocycles. The average Bonchev–Trinajstić information content (AvgIpc) is 3.68. The summed E-state index contributed by atoms with van der Waals surface area (Å²) in [6.07, 6.45) is 5.74. The van der Waals surface area contributed by atoms with E-state index in [1.54, 1.807) is 30.5 Å². The molecule has 2 atom stereocenters. The van der Waals surface area contributed by atoms with E-state index < -0.39 is 33.8 Å². The average molecular weight is 602 g/mol. The van der Waals surface area contributed by atoms with Crippen LogP contribution in [0, 0.1) is 5.82 Å². The molecule has 2 N–H and O–H groups in total. The van der Waals surface area contributed by atoms with Crippen molar-refractivity contribution in [1.29, 1.82) is 0 Å². The number of thiazole rings is 1. The zero-order chi connectivity index (χ0) is 28.0. The molecule has 1 aliphatic heterocycles. The molecule has 0 spiro atoms. The number of halogens is 2. The molecule has 5 aromatic rings. The van der Waals surface area contributed by atoms with E-state index in [4.69, 9.17) is 16.6 Å². The molecule has 0 bridgehead atoms. The van der Waals surface area contributed by atoms with E-state index in [2.05, 4.69) is 30.5 Å². The molecule has 16 heteroatoms. The third-order valence-corrected chi connectivity index (χ3v) is 8.93. The summed E-state index contributed by atoms with van der Waals surface area (Å²) >= 11 is 6.97. The van der Waals surface area contributed by atoms with E-state index >= 15 is 4.39 Å². The number of imidazole rings is 1. The van der Waals surface area contributed by atoms with Crippen molar-refractivity contribution in [2.75, 3.05) is 19.3 Å². The SMILES string of the molecule is CS(=O)(=O)N1C[C@H](NC(=O)c2ncc(Cl)s2)C[C@H](n2c(-c3ccccc3F)nc3cnc(-c4ncn[nH]4)cc32)C1. The topological polar surface area (TPSA) is 152 Å². The van der Waals surface area contributed by atoms with E-state index in [0.717, 1.165) is 17.6 Å². The van der Waals surface area contributed by atoms with E-state index in [9.17, 15) is 13.2 Å². The second-order valence-electron chi connectivity index (χ2n) is 9.29. The van der Waals surface area contributed by atoms with Gasteiger partial charge >= 0.3 is 0 Å². The summed E-state index contributed by atoms with van der Waals surface area (Å²) in [5.74, 6) is -0.209. The molecule has 6 rings (SSSR count). The number of aromatic amines is 1. The second kappa shape index (κ2) is 10.3. The van der Waals surface area contributed by atoms with Crippen molar-refractivity contribution in [3.63, 3.8) is 0 Å². The van der Waals surface area contributed by atoms with Crippen LogP contribution < -0.4 is 5.32 Å². The Balaban J connectivity index is 1.47. The van der Waals surface area contributed by atoms with E-state index in [-0.39, 0.29) is 23.7 Å². The van der Waals surface area contributed by atoms with Crippen molar-refractivity contribution in [1.82, 2.24) is 44.3 Å². The van der Waals surface area contributed by atoms with Gasteiger partial charge in [-0.1, -0.05) is 35.1 Å². The third-order valence-electron chi connectivity index (χ3n) is 6.58. The molecule has 1 amide bonds. The number of nitrogens with one attached hydrogen (secondary N) is 2. The van der Waals surface area contributed by atoms with Crippen LogP contribution >= 0.6 is 22.9 Å². The standard InChI is InChI=1S/C24H21ClFN9O3S2/c1-40(37,38)34-10-13(31-23(36)24-28-9-20(25)39-24)6-14(11-34)35-19-7-17(21-29-12-30-33-21)27-8-18(19)32-22(35)15-4-2-3-5-16(15)26/h2-5,7-9,12-14H,6,10-11H2,1H3,(H,31,36)(H,29,30,33)/t13-,14+/m1/s1. The van der Waals surface area contributed by atoms with Crippen molar-refractivity contribution in [2.24, 2.45) is 0 Å². The van der Waals surface area contributed by atoms with Crippen molar-refractivity contribution >= 4 is 49.9 Å². The summed E-state index contributed by atoms with van der Waals surface area (Å²) in [4.78, 5) is 30.2.